The molecule has 1 fully saturated rings. The SMILES string of the molecule is Cc1nc(CCNC2CCOC2)cs1. The predicted molar refractivity (Wildman–Crippen MR) is 57.8 cm³/mol. The number of nitrogens with one attached hydrogen (secondary N) is 1. The minimum atomic E-state index is 0.565. The van der Waals surface area contributed by atoms with E-state index in [1.165, 1.54) is 5.69 Å². The number of aryl methyl sites for hydroxylation is 1. The fraction of sp³-hybridized carbons (Fsp3) is 0.700. The van der Waals surface area contributed by atoms with Crippen LogP contribution in [0.2, 0.25) is 0 Å². The van der Waals surface area contributed by atoms with Gasteiger partial charge in [-0.1, -0.05) is 0 Å². The Labute approximate surface area is 88.5 Å². The van der Waals surface area contributed by atoms with Crippen LogP contribution in [0.4, 0.5) is 0 Å². The number of aromatic nitrogens is 1. The van der Waals surface area contributed by atoms with E-state index < -0.39 is 0 Å². The molecule has 1 saturated heterocycles. The third kappa shape index (κ3) is 2.77. The van der Waals surface area contributed by atoms with Gasteiger partial charge < -0.3 is 10.1 Å². The molecule has 1 aliphatic heterocycles. The molecule has 14 heavy (non-hydrogen) atoms. The maximum Gasteiger partial charge on any atom is 0.0897 e. The standard InChI is InChI=1S/C10H16N2OS/c1-8-12-10(7-14-8)2-4-11-9-3-5-13-6-9/h7,9,11H,2-6H2,1H3. The van der Waals surface area contributed by atoms with Gasteiger partial charge >= 0.3 is 0 Å². The molecule has 1 atom stereocenters. The van der Waals surface area contributed by atoms with Gasteiger partial charge in [-0.3, -0.25) is 0 Å². The Balaban J connectivity index is 1.67. The molecule has 0 radical (unpaired) electrons. The van der Waals surface area contributed by atoms with Gasteiger partial charge in [-0.2, -0.15) is 0 Å². The van der Waals surface area contributed by atoms with Crippen molar-refractivity contribution in [2.75, 3.05) is 19.8 Å². The van der Waals surface area contributed by atoms with Crippen LogP contribution in [0.3, 0.4) is 0 Å². The van der Waals surface area contributed by atoms with Crippen LogP contribution in [0.15, 0.2) is 5.38 Å². The minimum Gasteiger partial charge on any atom is -0.380 e. The summed E-state index contributed by atoms with van der Waals surface area (Å²) in [7, 11) is 0. The largest absolute Gasteiger partial charge is 0.380 e. The highest BCUT2D eigenvalue weighted by Crippen LogP contribution is 2.08. The second-order valence-electron chi connectivity index (χ2n) is 3.62. The van der Waals surface area contributed by atoms with Crippen LogP contribution >= 0.6 is 11.3 Å². The van der Waals surface area contributed by atoms with Crippen molar-refractivity contribution >= 4 is 11.3 Å². The molecule has 0 saturated carbocycles. The van der Waals surface area contributed by atoms with Crippen LogP contribution in [-0.2, 0) is 11.2 Å². The van der Waals surface area contributed by atoms with Crippen LogP contribution in [0, 0.1) is 6.92 Å². The van der Waals surface area contributed by atoms with Gasteiger partial charge in [-0.25, -0.2) is 4.98 Å². The van der Waals surface area contributed by atoms with Gasteiger partial charge in [0, 0.05) is 31.0 Å². The monoisotopic (exact) mass is 212 g/mol. The van der Waals surface area contributed by atoms with Crippen molar-refractivity contribution in [3.8, 4) is 0 Å². The summed E-state index contributed by atoms with van der Waals surface area (Å²) >= 11 is 1.72. The lowest BCUT2D eigenvalue weighted by molar-refractivity contribution is 0.190. The van der Waals surface area contributed by atoms with Crippen LogP contribution in [0.5, 0.6) is 0 Å². The first-order valence-electron chi connectivity index (χ1n) is 5.07. The molecule has 0 amide bonds. The van der Waals surface area contributed by atoms with Gasteiger partial charge in [0.15, 0.2) is 0 Å². The molecule has 1 aromatic heterocycles. The lowest BCUT2D eigenvalue weighted by Crippen LogP contribution is -2.30. The van der Waals surface area contributed by atoms with E-state index in [0.717, 1.165) is 37.6 Å². The average Bonchev–Trinajstić information content (AvgIpc) is 2.77. The Morgan fingerprint density at radius 2 is 2.64 bits per heavy atom. The van der Waals surface area contributed by atoms with E-state index in [1.807, 2.05) is 6.92 Å². The van der Waals surface area contributed by atoms with Crippen molar-refractivity contribution in [2.24, 2.45) is 0 Å². The Kier molecular flexibility index (Phi) is 3.50. The Hall–Kier alpha value is -0.450. The first kappa shape index (κ1) is 10.1. The molecule has 4 heteroatoms. The highest BCUT2D eigenvalue weighted by atomic mass is 32.1. The second-order valence-corrected chi connectivity index (χ2v) is 4.68. The molecule has 1 unspecified atom stereocenters. The van der Waals surface area contributed by atoms with Gasteiger partial charge in [0.1, 0.15) is 0 Å². The molecule has 1 N–H and O–H groups in total. The maximum atomic E-state index is 5.29. The average molecular weight is 212 g/mol. The molecule has 2 rings (SSSR count). The highest BCUT2D eigenvalue weighted by molar-refractivity contribution is 7.09. The molecule has 78 valence electrons. The molecular weight excluding hydrogens is 196 g/mol. The smallest absolute Gasteiger partial charge is 0.0897 e. The third-order valence-corrected chi connectivity index (χ3v) is 3.23. The number of thiazole rings is 1. The number of ether oxygens (including phenoxy) is 1. The van der Waals surface area contributed by atoms with Gasteiger partial charge in [0.2, 0.25) is 0 Å². The number of rotatable bonds is 4. The van der Waals surface area contributed by atoms with E-state index in [9.17, 15) is 0 Å². The fourth-order valence-electron chi connectivity index (χ4n) is 1.62. The van der Waals surface area contributed by atoms with Crippen molar-refractivity contribution in [1.29, 1.82) is 0 Å². The van der Waals surface area contributed by atoms with E-state index in [1.54, 1.807) is 11.3 Å². The summed E-state index contributed by atoms with van der Waals surface area (Å²) in [5.74, 6) is 0. The number of hydrogen-bond acceptors (Lipinski definition) is 4. The van der Waals surface area contributed by atoms with Crippen LogP contribution in [0.1, 0.15) is 17.1 Å². The summed E-state index contributed by atoms with van der Waals surface area (Å²) in [6, 6.07) is 0.565. The summed E-state index contributed by atoms with van der Waals surface area (Å²) in [5, 5.41) is 6.78. The Morgan fingerprint density at radius 1 is 1.71 bits per heavy atom. The van der Waals surface area contributed by atoms with Gasteiger partial charge in [0.25, 0.3) is 0 Å². The summed E-state index contributed by atoms with van der Waals surface area (Å²) in [4.78, 5) is 4.42. The molecule has 0 aliphatic carbocycles. The molecule has 2 heterocycles. The van der Waals surface area contributed by atoms with Crippen molar-refractivity contribution in [3.63, 3.8) is 0 Å². The molecule has 0 aromatic carbocycles. The molecule has 3 nitrogen and oxygen atoms in total. The number of hydrogen-bond donors (Lipinski definition) is 1. The van der Waals surface area contributed by atoms with E-state index in [2.05, 4.69) is 15.7 Å². The lowest BCUT2D eigenvalue weighted by atomic mass is 10.2. The molecule has 0 spiro atoms. The number of nitrogens with zero attached hydrogens (tertiary/aromatic N) is 1. The highest BCUT2D eigenvalue weighted by Gasteiger charge is 2.14. The van der Waals surface area contributed by atoms with Crippen molar-refractivity contribution in [2.45, 2.75) is 25.8 Å². The van der Waals surface area contributed by atoms with Crippen molar-refractivity contribution in [1.82, 2.24) is 10.3 Å². The molecule has 1 aromatic rings. The summed E-state index contributed by atoms with van der Waals surface area (Å²) in [6.45, 7) is 4.84. The first-order valence-corrected chi connectivity index (χ1v) is 5.94. The topological polar surface area (TPSA) is 34.2 Å². The van der Waals surface area contributed by atoms with Gasteiger partial charge in [-0.15, -0.1) is 11.3 Å². The van der Waals surface area contributed by atoms with Gasteiger partial charge in [-0.05, 0) is 13.3 Å². The van der Waals surface area contributed by atoms with Crippen LogP contribution in [-0.4, -0.2) is 30.8 Å². The molecule has 1 aliphatic rings. The quantitative estimate of drug-likeness (QED) is 0.818. The van der Waals surface area contributed by atoms with Crippen molar-refractivity contribution in [3.05, 3.63) is 16.1 Å². The lowest BCUT2D eigenvalue weighted by Gasteiger charge is -2.08. The third-order valence-electron chi connectivity index (χ3n) is 2.41. The van der Waals surface area contributed by atoms with Crippen LogP contribution in [0.25, 0.3) is 0 Å². The molecular formula is C10H16N2OS. The van der Waals surface area contributed by atoms with Crippen molar-refractivity contribution < 1.29 is 4.74 Å². The normalized spacial score (nSPS) is 21.6. The first-order chi connectivity index (χ1) is 6.84. The summed E-state index contributed by atoms with van der Waals surface area (Å²) in [6.07, 6.45) is 2.18. The summed E-state index contributed by atoms with van der Waals surface area (Å²) < 4.78 is 5.29. The Morgan fingerprint density at radius 3 is 3.29 bits per heavy atom. The van der Waals surface area contributed by atoms with E-state index >= 15 is 0 Å². The predicted octanol–water partition coefficient (Wildman–Crippen LogP) is 1.37. The second kappa shape index (κ2) is 4.87. The van der Waals surface area contributed by atoms with Crippen LogP contribution < -0.4 is 5.32 Å². The zero-order chi connectivity index (χ0) is 9.80. The van der Waals surface area contributed by atoms with E-state index in [0.29, 0.717) is 6.04 Å². The Bertz CT molecular complexity index is 281. The fourth-order valence-corrected chi connectivity index (χ4v) is 2.27. The van der Waals surface area contributed by atoms with E-state index in [4.69, 9.17) is 4.74 Å². The van der Waals surface area contributed by atoms with Gasteiger partial charge in [0.05, 0.1) is 17.3 Å². The zero-order valence-corrected chi connectivity index (χ0v) is 9.27. The minimum absolute atomic E-state index is 0.565. The van der Waals surface area contributed by atoms with E-state index in [-0.39, 0.29) is 0 Å². The maximum absolute atomic E-state index is 5.29. The zero-order valence-electron chi connectivity index (χ0n) is 8.45. The summed E-state index contributed by atoms with van der Waals surface area (Å²) in [5.41, 5.74) is 1.21. The molecule has 0 bridgehead atoms.